The van der Waals surface area contributed by atoms with Crippen molar-refractivity contribution >= 4 is 27.7 Å². The van der Waals surface area contributed by atoms with Gasteiger partial charge >= 0.3 is 0 Å². The van der Waals surface area contributed by atoms with Crippen LogP contribution in [-0.4, -0.2) is 49.8 Å². The fourth-order valence-corrected chi connectivity index (χ4v) is 5.18. The maximum atomic E-state index is 12.3. The minimum atomic E-state index is -3.21. The molecular weight excluding hydrogens is 344 g/mol. The van der Waals surface area contributed by atoms with Crippen molar-refractivity contribution in [3.63, 3.8) is 0 Å². The first-order valence-electron chi connectivity index (χ1n) is 8.46. The summed E-state index contributed by atoms with van der Waals surface area (Å²) in [7, 11) is -3.21. The predicted octanol–water partition coefficient (Wildman–Crippen LogP) is 2.35. The molecule has 1 atom stereocenters. The van der Waals surface area contributed by atoms with Gasteiger partial charge in [-0.2, -0.15) is 0 Å². The molecule has 24 heavy (non-hydrogen) atoms. The average Bonchev–Trinajstić information content (AvgIpc) is 2.59. The third kappa shape index (κ3) is 5.79. The number of hydrogen-bond acceptors (Lipinski definition) is 4. The van der Waals surface area contributed by atoms with Crippen LogP contribution in [0.15, 0.2) is 35.2 Å². The van der Waals surface area contributed by atoms with E-state index in [1.807, 2.05) is 37.3 Å². The highest BCUT2D eigenvalue weighted by molar-refractivity contribution is 7.99. The Morgan fingerprint density at radius 3 is 2.79 bits per heavy atom. The smallest absolute Gasteiger partial charge is 0.224 e. The van der Waals surface area contributed by atoms with Gasteiger partial charge in [-0.1, -0.05) is 25.1 Å². The lowest BCUT2D eigenvalue weighted by Crippen LogP contribution is -2.46. The van der Waals surface area contributed by atoms with Gasteiger partial charge in [0.25, 0.3) is 0 Å². The van der Waals surface area contributed by atoms with Crippen LogP contribution in [0, 0.1) is 5.92 Å². The van der Waals surface area contributed by atoms with E-state index in [2.05, 4.69) is 5.32 Å². The van der Waals surface area contributed by atoms with E-state index in [0.29, 0.717) is 26.1 Å². The first kappa shape index (κ1) is 19.3. The number of carbonyl (C=O) groups excluding carboxylic acids is 1. The van der Waals surface area contributed by atoms with Gasteiger partial charge < -0.3 is 5.32 Å². The summed E-state index contributed by atoms with van der Waals surface area (Å²) >= 11 is 1.70. The largest absolute Gasteiger partial charge is 0.355 e. The van der Waals surface area contributed by atoms with Crippen molar-refractivity contribution in [3.8, 4) is 0 Å². The van der Waals surface area contributed by atoms with Gasteiger partial charge in [0.05, 0.1) is 11.7 Å². The van der Waals surface area contributed by atoms with Crippen LogP contribution in [0.4, 0.5) is 0 Å². The lowest BCUT2D eigenvalue weighted by molar-refractivity contribution is -0.125. The third-order valence-corrected chi connectivity index (χ3v) is 7.08. The number of benzene rings is 1. The zero-order chi connectivity index (χ0) is 17.4. The van der Waals surface area contributed by atoms with Gasteiger partial charge in [0.15, 0.2) is 0 Å². The topological polar surface area (TPSA) is 66.5 Å². The van der Waals surface area contributed by atoms with Crippen LogP contribution < -0.4 is 5.32 Å². The van der Waals surface area contributed by atoms with Crippen molar-refractivity contribution < 1.29 is 13.2 Å². The Labute approximate surface area is 149 Å². The Kier molecular flexibility index (Phi) is 7.58. The number of carbonyl (C=O) groups is 1. The second-order valence-electron chi connectivity index (χ2n) is 5.97. The van der Waals surface area contributed by atoms with Crippen molar-refractivity contribution in [1.29, 1.82) is 0 Å². The maximum Gasteiger partial charge on any atom is 0.224 e. The van der Waals surface area contributed by atoms with E-state index in [1.165, 1.54) is 9.20 Å². The van der Waals surface area contributed by atoms with Crippen LogP contribution in [0.5, 0.6) is 0 Å². The second-order valence-corrected chi connectivity index (χ2v) is 9.22. The van der Waals surface area contributed by atoms with Crippen molar-refractivity contribution in [2.75, 3.05) is 31.1 Å². The van der Waals surface area contributed by atoms with Gasteiger partial charge in [-0.25, -0.2) is 12.7 Å². The first-order chi connectivity index (χ1) is 11.5. The number of sulfonamides is 1. The molecule has 1 aromatic rings. The number of nitrogens with zero attached hydrogens (tertiary/aromatic N) is 1. The molecular formula is C17H26N2O3S2. The van der Waals surface area contributed by atoms with E-state index in [9.17, 15) is 13.2 Å². The van der Waals surface area contributed by atoms with Gasteiger partial charge in [-0.15, -0.1) is 11.8 Å². The molecule has 0 radical (unpaired) electrons. The standard InChI is InChI=1S/C17H26N2O3S2/c1-2-13-24(21,22)19-11-6-7-15(14-19)17(20)18-10-12-23-16-8-4-3-5-9-16/h3-5,8-9,15H,2,6-7,10-14H2,1H3,(H,18,20)/t15-/m0/s1. The van der Waals surface area contributed by atoms with Crippen LogP contribution in [-0.2, 0) is 14.8 Å². The highest BCUT2D eigenvalue weighted by Crippen LogP contribution is 2.20. The van der Waals surface area contributed by atoms with E-state index >= 15 is 0 Å². The van der Waals surface area contributed by atoms with Gasteiger partial charge in [-0.05, 0) is 31.4 Å². The van der Waals surface area contributed by atoms with Crippen LogP contribution in [0.25, 0.3) is 0 Å². The molecule has 7 heteroatoms. The van der Waals surface area contributed by atoms with Crippen LogP contribution in [0.3, 0.4) is 0 Å². The molecule has 1 aliphatic heterocycles. The predicted molar refractivity (Wildman–Crippen MR) is 98.6 cm³/mol. The highest BCUT2D eigenvalue weighted by Gasteiger charge is 2.31. The summed E-state index contributed by atoms with van der Waals surface area (Å²) in [6.07, 6.45) is 2.11. The molecule has 1 aromatic carbocycles. The summed E-state index contributed by atoms with van der Waals surface area (Å²) in [5.74, 6) is 0.710. The Hall–Kier alpha value is -1.05. The third-order valence-electron chi connectivity index (χ3n) is 4.02. The summed E-state index contributed by atoms with van der Waals surface area (Å²) in [6.45, 7) is 3.31. The van der Waals surface area contributed by atoms with Crippen molar-refractivity contribution in [2.45, 2.75) is 31.1 Å². The number of piperidine rings is 1. The number of nitrogens with one attached hydrogen (secondary N) is 1. The lowest BCUT2D eigenvalue weighted by Gasteiger charge is -2.31. The lowest BCUT2D eigenvalue weighted by atomic mass is 9.99. The molecule has 1 N–H and O–H groups in total. The van der Waals surface area contributed by atoms with E-state index in [4.69, 9.17) is 0 Å². The normalized spacial score (nSPS) is 19.1. The molecule has 2 rings (SSSR count). The SMILES string of the molecule is CCCS(=O)(=O)N1CCC[C@H](C(=O)NCCSc2ccccc2)C1. The zero-order valence-corrected chi connectivity index (χ0v) is 15.7. The van der Waals surface area contributed by atoms with E-state index in [1.54, 1.807) is 11.8 Å². The monoisotopic (exact) mass is 370 g/mol. The Bertz CT molecular complexity index is 620. The van der Waals surface area contributed by atoms with Crippen molar-refractivity contribution in [3.05, 3.63) is 30.3 Å². The second kappa shape index (κ2) is 9.44. The highest BCUT2D eigenvalue weighted by atomic mass is 32.2. The van der Waals surface area contributed by atoms with Gasteiger partial charge in [0.2, 0.25) is 15.9 Å². The Morgan fingerprint density at radius 1 is 1.33 bits per heavy atom. The average molecular weight is 371 g/mol. The quantitative estimate of drug-likeness (QED) is 0.563. The maximum absolute atomic E-state index is 12.3. The minimum absolute atomic E-state index is 0.0277. The molecule has 0 bridgehead atoms. The molecule has 0 aromatic heterocycles. The number of rotatable bonds is 8. The fourth-order valence-electron chi connectivity index (χ4n) is 2.80. The molecule has 1 amide bonds. The summed E-state index contributed by atoms with van der Waals surface area (Å²) in [4.78, 5) is 13.5. The molecule has 0 aliphatic carbocycles. The van der Waals surface area contributed by atoms with E-state index < -0.39 is 10.0 Å². The van der Waals surface area contributed by atoms with Crippen LogP contribution >= 0.6 is 11.8 Å². The molecule has 0 spiro atoms. The number of hydrogen-bond donors (Lipinski definition) is 1. The molecule has 1 aliphatic rings. The van der Waals surface area contributed by atoms with E-state index in [0.717, 1.165) is 18.6 Å². The van der Waals surface area contributed by atoms with Gasteiger partial charge in [0.1, 0.15) is 0 Å². The molecule has 134 valence electrons. The molecule has 0 unspecified atom stereocenters. The molecule has 0 saturated carbocycles. The van der Waals surface area contributed by atoms with Gasteiger partial charge in [0, 0.05) is 30.3 Å². The molecule has 5 nitrogen and oxygen atoms in total. The molecule has 1 saturated heterocycles. The Balaban J connectivity index is 1.75. The van der Waals surface area contributed by atoms with E-state index in [-0.39, 0.29) is 17.6 Å². The van der Waals surface area contributed by atoms with Crippen molar-refractivity contribution in [1.82, 2.24) is 9.62 Å². The zero-order valence-electron chi connectivity index (χ0n) is 14.1. The number of amides is 1. The summed E-state index contributed by atoms with van der Waals surface area (Å²) in [5.41, 5.74) is 0. The first-order valence-corrected chi connectivity index (χ1v) is 11.1. The van der Waals surface area contributed by atoms with Crippen LogP contribution in [0.2, 0.25) is 0 Å². The molecule has 1 heterocycles. The van der Waals surface area contributed by atoms with Crippen molar-refractivity contribution in [2.24, 2.45) is 5.92 Å². The summed E-state index contributed by atoms with van der Waals surface area (Å²) < 4.78 is 25.8. The number of thioether (sulfide) groups is 1. The summed E-state index contributed by atoms with van der Waals surface area (Å²) in [6, 6.07) is 10.1. The van der Waals surface area contributed by atoms with Crippen LogP contribution in [0.1, 0.15) is 26.2 Å². The molecule has 1 fully saturated rings. The fraction of sp³-hybridized carbons (Fsp3) is 0.588. The Morgan fingerprint density at radius 2 is 2.08 bits per heavy atom. The van der Waals surface area contributed by atoms with Gasteiger partial charge in [-0.3, -0.25) is 4.79 Å². The summed E-state index contributed by atoms with van der Waals surface area (Å²) in [5, 5.41) is 2.95. The minimum Gasteiger partial charge on any atom is -0.355 e.